The zero-order valence-electron chi connectivity index (χ0n) is 17.4. The normalized spacial score (nSPS) is 26.8. The molecule has 0 amide bonds. The van der Waals surface area contributed by atoms with E-state index in [0.717, 1.165) is 28.3 Å². The average Bonchev–Trinajstić information content (AvgIpc) is 3.23. The molecule has 4 aliphatic carbocycles. The van der Waals surface area contributed by atoms with Crippen molar-refractivity contribution in [3.05, 3.63) is 77.0 Å². The molecule has 2 aromatic carbocycles. The lowest BCUT2D eigenvalue weighted by atomic mass is 9.53. The summed E-state index contributed by atoms with van der Waals surface area (Å²) >= 11 is 0. The Morgan fingerprint density at radius 2 is 1.61 bits per heavy atom. The Kier molecular flexibility index (Phi) is 4.34. The molecule has 0 spiro atoms. The summed E-state index contributed by atoms with van der Waals surface area (Å²) in [5.41, 5.74) is 7.54. The standard InChI is InChI=1S/C27H26N2O2/c30-25(31)8-3-16-1-4-19(5-2-16)26(20-6-7-24-23(14-20)15-28-29-24)27-21-10-17-9-18(12-21)13-22(27)11-17/h1-8,14-15,17-18,21-22H,9-13H2,(H,28,29)(H,30,31). The van der Waals surface area contributed by atoms with Crippen molar-refractivity contribution in [1.82, 2.24) is 10.2 Å². The number of nitrogens with zero attached hydrogens (tertiary/aromatic N) is 1. The monoisotopic (exact) mass is 410 g/mol. The van der Waals surface area contributed by atoms with Gasteiger partial charge in [0.15, 0.2) is 0 Å². The van der Waals surface area contributed by atoms with Crippen LogP contribution in [0.15, 0.2) is 60.3 Å². The van der Waals surface area contributed by atoms with Crippen molar-refractivity contribution in [2.24, 2.45) is 23.7 Å². The number of rotatable bonds is 4. The highest BCUT2D eigenvalue weighted by atomic mass is 16.4. The summed E-state index contributed by atoms with van der Waals surface area (Å²) in [6.07, 6.45) is 11.6. The van der Waals surface area contributed by atoms with E-state index in [1.54, 1.807) is 11.6 Å². The number of carboxylic acids is 1. The number of hydrogen-bond acceptors (Lipinski definition) is 2. The lowest BCUT2D eigenvalue weighted by Gasteiger charge is -2.52. The Morgan fingerprint density at radius 1 is 0.935 bits per heavy atom. The zero-order chi connectivity index (χ0) is 20.9. The topological polar surface area (TPSA) is 66.0 Å². The molecule has 1 heterocycles. The number of carbonyl (C=O) groups is 1. The zero-order valence-corrected chi connectivity index (χ0v) is 17.4. The van der Waals surface area contributed by atoms with Crippen LogP contribution in [0.1, 0.15) is 48.8 Å². The van der Waals surface area contributed by atoms with Crippen molar-refractivity contribution in [3.8, 4) is 0 Å². The molecule has 2 N–H and O–H groups in total. The minimum Gasteiger partial charge on any atom is -0.478 e. The van der Waals surface area contributed by atoms with Gasteiger partial charge in [0.1, 0.15) is 0 Å². The molecule has 4 fully saturated rings. The fourth-order valence-corrected chi connectivity index (χ4v) is 6.63. The van der Waals surface area contributed by atoms with Crippen molar-refractivity contribution in [3.63, 3.8) is 0 Å². The molecule has 0 unspecified atom stereocenters. The number of nitrogens with one attached hydrogen (secondary N) is 1. The van der Waals surface area contributed by atoms with E-state index < -0.39 is 5.97 Å². The van der Waals surface area contributed by atoms with Crippen molar-refractivity contribution in [2.45, 2.75) is 32.1 Å². The molecular weight excluding hydrogens is 384 g/mol. The van der Waals surface area contributed by atoms with Gasteiger partial charge >= 0.3 is 5.97 Å². The number of aliphatic carboxylic acids is 1. The molecule has 4 aliphatic rings. The number of hydrogen-bond donors (Lipinski definition) is 2. The van der Waals surface area contributed by atoms with Crippen LogP contribution in [0, 0.1) is 23.7 Å². The molecule has 0 radical (unpaired) electrons. The maximum Gasteiger partial charge on any atom is 0.328 e. The van der Waals surface area contributed by atoms with Crippen molar-refractivity contribution in [1.29, 1.82) is 0 Å². The molecule has 4 saturated carbocycles. The van der Waals surface area contributed by atoms with E-state index in [1.165, 1.54) is 54.9 Å². The Bertz CT molecular complexity index is 1190. The lowest BCUT2D eigenvalue weighted by Crippen LogP contribution is -2.40. The highest BCUT2D eigenvalue weighted by Gasteiger charge is 2.46. The van der Waals surface area contributed by atoms with Gasteiger partial charge in [-0.2, -0.15) is 5.10 Å². The second-order valence-electron chi connectivity index (χ2n) is 9.60. The van der Waals surface area contributed by atoms with Gasteiger partial charge in [0.05, 0.1) is 11.7 Å². The van der Waals surface area contributed by atoms with E-state index in [9.17, 15) is 4.79 Å². The number of H-pyrrole nitrogens is 1. The van der Waals surface area contributed by atoms with Gasteiger partial charge in [-0.1, -0.05) is 35.9 Å². The van der Waals surface area contributed by atoms with E-state index in [4.69, 9.17) is 5.11 Å². The number of benzene rings is 2. The summed E-state index contributed by atoms with van der Waals surface area (Å²) in [6.45, 7) is 0. The van der Waals surface area contributed by atoms with Gasteiger partial charge < -0.3 is 5.11 Å². The Morgan fingerprint density at radius 3 is 2.29 bits per heavy atom. The predicted molar refractivity (Wildman–Crippen MR) is 122 cm³/mol. The molecule has 4 heteroatoms. The molecule has 3 aromatic rings. The van der Waals surface area contributed by atoms with Crippen LogP contribution in [0.2, 0.25) is 0 Å². The van der Waals surface area contributed by atoms with Crippen LogP contribution in [0.4, 0.5) is 0 Å². The molecule has 4 bridgehead atoms. The van der Waals surface area contributed by atoms with Crippen molar-refractivity contribution < 1.29 is 9.90 Å². The summed E-state index contributed by atoms with van der Waals surface area (Å²) in [5.74, 6) is 2.34. The first kappa shape index (κ1) is 18.6. The summed E-state index contributed by atoms with van der Waals surface area (Å²) in [7, 11) is 0. The van der Waals surface area contributed by atoms with Crippen LogP contribution < -0.4 is 0 Å². The van der Waals surface area contributed by atoms with Crippen LogP contribution >= 0.6 is 0 Å². The first-order valence-electron chi connectivity index (χ1n) is 11.3. The lowest BCUT2D eigenvalue weighted by molar-refractivity contribution is -0.131. The Balaban J connectivity index is 1.49. The highest BCUT2D eigenvalue weighted by molar-refractivity contribution is 5.89. The van der Waals surface area contributed by atoms with E-state index in [-0.39, 0.29) is 0 Å². The minimum atomic E-state index is -0.922. The van der Waals surface area contributed by atoms with E-state index >= 15 is 0 Å². The summed E-state index contributed by atoms with van der Waals surface area (Å²) in [6, 6.07) is 15.0. The smallest absolute Gasteiger partial charge is 0.328 e. The third-order valence-electron chi connectivity index (χ3n) is 7.65. The van der Waals surface area contributed by atoms with Crippen molar-refractivity contribution in [2.75, 3.05) is 0 Å². The third-order valence-corrected chi connectivity index (χ3v) is 7.65. The highest BCUT2D eigenvalue weighted by Crippen LogP contribution is 2.58. The van der Waals surface area contributed by atoms with Gasteiger partial charge in [-0.3, -0.25) is 5.10 Å². The van der Waals surface area contributed by atoms with Gasteiger partial charge in [0.2, 0.25) is 0 Å². The van der Waals surface area contributed by atoms with Gasteiger partial charge in [0, 0.05) is 11.5 Å². The minimum absolute atomic E-state index is 0.706. The van der Waals surface area contributed by atoms with Crippen LogP contribution in [0.3, 0.4) is 0 Å². The predicted octanol–water partition coefficient (Wildman–Crippen LogP) is 5.92. The van der Waals surface area contributed by atoms with Gasteiger partial charge in [0.25, 0.3) is 0 Å². The molecule has 0 aliphatic heterocycles. The fraction of sp³-hybridized carbons (Fsp3) is 0.333. The van der Waals surface area contributed by atoms with Crippen molar-refractivity contribution >= 4 is 28.5 Å². The first-order chi connectivity index (χ1) is 15.1. The third kappa shape index (κ3) is 3.31. The molecular formula is C27H26N2O2. The van der Waals surface area contributed by atoms with Crippen LogP contribution in [0.25, 0.3) is 22.6 Å². The number of carboxylic acid groups (broad SMARTS) is 1. The fourth-order valence-electron chi connectivity index (χ4n) is 6.63. The molecule has 156 valence electrons. The summed E-state index contributed by atoms with van der Waals surface area (Å²) < 4.78 is 0. The Labute approximate surface area is 181 Å². The summed E-state index contributed by atoms with van der Waals surface area (Å²) in [4.78, 5) is 10.9. The SMILES string of the molecule is O=C(O)C=Cc1ccc(C(=C2C3CC4CC(C3)CC2C4)c2ccc3[nH]ncc3c2)cc1. The number of fused-ring (bicyclic) bond motifs is 1. The van der Waals surface area contributed by atoms with E-state index in [2.05, 4.69) is 40.5 Å². The molecule has 0 saturated heterocycles. The summed E-state index contributed by atoms with van der Waals surface area (Å²) in [5, 5.41) is 17.3. The van der Waals surface area contributed by atoms with E-state index in [1.807, 2.05) is 18.3 Å². The molecule has 31 heavy (non-hydrogen) atoms. The van der Waals surface area contributed by atoms with Crippen LogP contribution in [-0.4, -0.2) is 21.3 Å². The first-order valence-corrected chi connectivity index (χ1v) is 11.3. The van der Waals surface area contributed by atoms with Gasteiger partial charge in [-0.15, -0.1) is 0 Å². The van der Waals surface area contributed by atoms with E-state index in [0.29, 0.717) is 11.8 Å². The molecule has 7 rings (SSSR count). The van der Waals surface area contributed by atoms with Gasteiger partial charge in [-0.25, -0.2) is 4.79 Å². The number of allylic oxidation sites excluding steroid dienone is 1. The Hall–Kier alpha value is -3.14. The quantitative estimate of drug-likeness (QED) is 0.525. The second kappa shape index (κ2) is 7.23. The molecule has 0 atom stereocenters. The van der Waals surface area contributed by atoms with Crippen LogP contribution in [0.5, 0.6) is 0 Å². The molecule has 4 nitrogen and oxygen atoms in total. The largest absolute Gasteiger partial charge is 0.478 e. The van der Waals surface area contributed by atoms with Gasteiger partial charge in [-0.05, 0) is 96.2 Å². The number of aromatic amines is 1. The molecule has 1 aromatic heterocycles. The second-order valence-corrected chi connectivity index (χ2v) is 9.60. The number of aromatic nitrogens is 2. The maximum atomic E-state index is 10.9. The average molecular weight is 411 g/mol. The van der Waals surface area contributed by atoms with Crippen LogP contribution in [-0.2, 0) is 4.79 Å². The maximum absolute atomic E-state index is 10.9.